The van der Waals surface area contributed by atoms with Crippen molar-refractivity contribution in [2.24, 2.45) is 0 Å². The Hall–Kier alpha value is -3.05. The highest BCUT2D eigenvalue weighted by atomic mass is 32.2. The number of amides is 1. The minimum absolute atomic E-state index is 0.0862. The molecule has 0 spiro atoms. The zero-order chi connectivity index (χ0) is 23.1. The van der Waals surface area contributed by atoms with Crippen molar-refractivity contribution in [1.29, 1.82) is 0 Å². The summed E-state index contributed by atoms with van der Waals surface area (Å²) in [6.45, 7) is 0.326. The van der Waals surface area contributed by atoms with Gasteiger partial charge in [-0.1, -0.05) is 11.8 Å². The van der Waals surface area contributed by atoms with E-state index in [0.29, 0.717) is 11.3 Å². The van der Waals surface area contributed by atoms with Crippen LogP contribution in [0.5, 0.6) is 5.75 Å². The van der Waals surface area contributed by atoms with Gasteiger partial charge in [0.05, 0.1) is 29.8 Å². The van der Waals surface area contributed by atoms with E-state index in [1.807, 2.05) is 0 Å². The molecule has 1 N–H and O–H groups in total. The number of benzene rings is 2. The van der Waals surface area contributed by atoms with Gasteiger partial charge in [-0.3, -0.25) is 4.79 Å². The molecular weight excluding hydrogens is 452 g/mol. The van der Waals surface area contributed by atoms with Gasteiger partial charge >= 0.3 is 6.18 Å². The number of hydrogen-bond donors (Lipinski definition) is 1. The summed E-state index contributed by atoms with van der Waals surface area (Å²) in [7, 11) is 1.46. The molecule has 1 heterocycles. The number of rotatable bonds is 9. The zero-order valence-corrected chi connectivity index (χ0v) is 17.6. The van der Waals surface area contributed by atoms with Crippen molar-refractivity contribution in [2.75, 3.05) is 31.4 Å². The molecule has 0 aliphatic carbocycles. The Morgan fingerprint density at radius 1 is 1.16 bits per heavy atom. The first kappa shape index (κ1) is 23.6. The Morgan fingerprint density at radius 2 is 1.91 bits per heavy atom. The first-order chi connectivity index (χ1) is 15.3. The summed E-state index contributed by atoms with van der Waals surface area (Å²) in [4.78, 5) is 16.4. The number of thioether (sulfide) groups is 1. The number of hydrogen-bond acceptors (Lipinski definition) is 6. The van der Waals surface area contributed by atoms with Gasteiger partial charge in [-0.2, -0.15) is 13.2 Å². The molecule has 11 heteroatoms. The monoisotopic (exact) mass is 470 g/mol. The van der Waals surface area contributed by atoms with Crippen LogP contribution in [0.2, 0.25) is 0 Å². The quantitative estimate of drug-likeness (QED) is 0.261. The third-order valence-electron chi connectivity index (χ3n) is 4.07. The molecule has 170 valence electrons. The highest BCUT2D eigenvalue weighted by Gasteiger charge is 2.31. The molecule has 6 nitrogen and oxygen atoms in total. The molecule has 0 bridgehead atoms. The SMILES string of the molecule is COCCOc1ccc(C(F)(F)F)cc1NC(=O)CSc1ncc(-c2ccc(F)cc2)o1. The number of anilines is 1. The van der Waals surface area contributed by atoms with Crippen molar-refractivity contribution in [3.8, 4) is 17.1 Å². The fourth-order valence-electron chi connectivity index (χ4n) is 2.55. The van der Waals surface area contributed by atoms with Crippen LogP contribution in [0, 0.1) is 5.82 Å². The number of alkyl halides is 3. The molecule has 32 heavy (non-hydrogen) atoms. The van der Waals surface area contributed by atoms with Gasteiger partial charge in [0.1, 0.15) is 18.2 Å². The number of methoxy groups -OCH3 is 1. The summed E-state index contributed by atoms with van der Waals surface area (Å²) in [6, 6.07) is 8.42. The average Bonchev–Trinajstić information content (AvgIpc) is 3.22. The highest BCUT2D eigenvalue weighted by molar-refractivity contribution is 7.99. The Balaban J connectivity index is 1.65. The van der Waals surface area contributed by atoms with Crippen molar-refractivity contribution in [3.05, 3.63) is 60.0 Å². The highest BCUT2D eigenvalue weighted by Crippen LogP contribution is 2.35. The second kappa shape index (κ2) is 10.5. The van der Waals surface area contributed by atoms with Gasteiger partial charge in [0.2, 0.25) is 5.91 Å². The summed E-state index contributed by atoms with van der Waals surface area (Å²) in [5.74, 6) is -0.660. The van der Waals surface area contributed by atoms with Crippen LogP contribution in [0.4, 0.5) is 23.2 Å². The molecule has 0 radical (unpaired) electrons. The van der Waals surface area contributed by atoms with Gasteiger partial charge in [0.25, 0.3) is 5.22 Å². The van der Waals surface area contributed by atoms with Crippen LogP contribution in [0.1, 0.15) is 5.56 Å². The number of halogens is 4. The largest absolute Gasteiger partial charge is 0.489 e. The van der Waals surface area contributed by atoms with E-state index in [4.69, 9.17) is 13.9 Å². The lowest BCUT2D eigenvalue weighted by atomic mass is 10.1. The van der Waals surface area contributed by atoms with E-state index in [2.05, 4.69) is 10.3 Å². The Bertz CT molecular complexity index is 1050. The number of nitrogens with zero attached hydrogens (tertiary/aromatic N) is 1. The molecule has 3 rings (SSSR count). The van der Waals surface area contributed by atoms with E-state index in [9.17, 15) is 22.4 Å². The number of nitrogens with one attached hydrogen (secondary N) is 1. The van der Waals surface area contributed by atoms with E-state index < -0.39 is 17.6 Å². The Labute approximate surface area is 184 Å². The van der Waals surface area contributed by atoms with E-state index in [-0.39, 0.29) is 41.4 Å². The van der Waals surface area contributed by atoms with Crippen molar-refractivity contribution < 1.29 is 36.2 Å². The van der Waals surface area contributed by atoms with Crippen LogP contribution < -0.4 is 10.1 Å². The summed E-state index contributed by atoms with van der Waals surface area (Å²) in [6.07, 6.45) is -3.14. The molecule has 2 aromatic carbocycles. The van der Waals surface area contributed by atoms with E-state index in [1.54, 1.807) is 0 Å². The molecule has 1 amide bonds. The second-order valence-electron chi connectivity index (χ2n) is 6.38. The maximum Gasteiger partial charge on any atom is 0.416 e. The molecule has 0 aliphatic heterocycles. The topological polar surface area (TPSA) is 73.6 Å². The molecule has 0 aliphatic rings. The number of aromatic nitrogens is 1. The van der Waals surface area contributed by atoms with Crippen LogP contribution >= 0.6 is 11.8 Å². The van der Waals surface area contributed by atoms with Gasteiger partial charge in [0.15, 0.2) is 5.76 Å². The number of ether oxygens (including phenoxy) is 2. The normalized spacial score (nSPS) is 11.4. The first-order valence-electron chi connectivity index (χ1n) is 9.23. The van der Waals surface area contributed by atoms with Crippen LogP contribution in [-0.2, 0) is 15.7 Å². The molecule has 0 saturated carbocycles. The van der Waals surface area contributed by atoms with Crippen molar-refractivity contribution >= 4 is 23.4 Å². The summed E-state index contributed by atoms with van der Waals surface area (Å²) < 4.78 is 68.0. The van der Waals surface area contributed by atoms with Crippen molar-refractivity contribution in [1.82, 2.24) is 4.98 Å². The predicted octanol–water partition coefficient (Wildman–Crippen LogP) is 5.26. The lowest BCUT2D eigenvalue weighted by molar-refractivity contribution is -0.137. The third kappa shape index (κ3) is 6.47. The zero-order valence-electron chi connectivity index (χ0n) is 16.7. The fourth-order valence-corrected chi connectivity index (χ4v) is 3.15. The van der Waals surface area contributed by atoms with Crippen LogP contribution in [0.25, 0.3) is 11.3 Å². The summed E-state index contributed by atoms with van der Waals surface area (Å²) >= 11 is 0.957. The van der Waals surface area contributed by atoms with Crippen molar-refractivity contribution in [3.63, 3.8) is 0 Å². The Kier molecular flexibility index (Phi) is 7.75. The minimum atomic E-state index is -4.58. The second-order valence-corrected chi connectivity index (χ2v) is 7.31. The Morgan fingerprint density at radius 3 is 2.59 bits per heavy atom. The summed E-state index contributed by atoms with van der Waals surface area (Å²) in [5, 5.41) is 2.61. The minimum Gasteiger partial charge on any atom is -0.489 e. The summed E-state index contributed by atoms with van der Waals surface area (Å²) in [5.41, 5.74) is -0.422. The first-order valence-corrected chi connectivity index (χ1v) is 10.2. The van der Waals surface area contributed by atoms with E-state index in [0.717, 1.165) is 30.0 Å². The lowest BCUT2D eigenvalue weighted by Crippen LogP contribution is -2.17. The van der Waals surface area contributed by atoms with Crippen molar-refractivity contribution in [2.45, 2.75) is 11.4 Å². The van der Waals surface area contributed by atoms with Gasteiger partial charge in [-0.05, 0) is 42.5 Å². The van der Waals surface area contributed by atoms with Crippen LogP contribution in [0.15, 0.2) is 58.3 Å². The number of carbonyl (C=O) groups excluding carboxylic acids is 1. The molecule has 1 aromatic heterocycles. The average molecular weight is 470 g/mol. The molecule has 0 unspecified atom stereocenters. The lowest BCUT2D eigenvalue weighted by Gasteiger charge is -2.15. The predicted molar refractivity (Wildman–Crippen MR) is 110 cm³/mol. The number of carbonyl (C=O) groups is 1. The third-order valence-corrected chi connectivity index (χ3v) is 4.91. The van der Waals surface area contributed by atoms with E-state index >= 15 is 0 Å². The maximum absolute atomic E-state index is 13.1. The number of oxazole rings is 1. The molecule has 0 atom stereocenters. The fraction of sp³-hybridized carbons (Fsp3) is 0.238. The van der Waals surface area contributed by atoms with Gasteiger partial charge < -0.3 is 19.2 Å². The van der Waals surface area contributed by atoms with E-state index in [1.165, 1.54) is 37.6 Å². The molecule has 3 aromatic rings. The molecular formula is C21H18F4N2O4S. The molecule has 0 fully saturated rings. The smallest absolute Gasteiger partial charge is 0.416 e. The van der Waals surface area contributed by atoms with Gasteiger partial charge in [0, 0.05) is 12.7 Å². The molecule has 0 saturated heterocycles. The van der Waals surface area contributed by atoms with Crippen LogP contribution in [-0.4, -0.2) is 37.0 Å². The maximum atomic E-state index is 13.1. The van der Waals surface area contributed by atoms with Gasteiger partial charge in [-0.15, -0.1) is 0 Å². The van der Waals surface area contributed by atoms with Gasteiger partial charge in [-0.25, -0.2) is 9.37 Å². The van der Waals surface area contributed by atoms with Crippen LogP contribution in [0.3, 0.4) is 0 Å². The standard InChI is InChI=1S/C21H18F4N2O4S/c1-29-8-9-30-17-7-4-14(21(23,24)25)10-16(17)27-19(28)12-32-20-26-11-18(31-20)13-2-5-15(22)6-3-13/h2-7,10-11H,8-9,12H2,1H3,(H,27,28).